The predicted octanol–water partition coefficient (Wildman–Crippen LogP) is 4.73. The summed E-state index contributed by atoms with van der Waals surface area (Å²) in [6.45, 7) is 0. The van der Waals surface area contributed by atoms with E-state index in [-0.39, 0.29) is 5.75 Å². The van der Waals surface area contributed by atoms with E-state index >= 15 is 0 Å². The van der Waals surface area contributed by atoms with Crippen LogP contribution < -0.4 is 4.74 Å². The van der Waals surface area contributed by atoms with E-state index in [1.165, 1.54) is 12.1 Å². The summed E-state index contributed by atoms with van der Waals surface area (Å²) >= 11 is 6.04. The van der Waals surface area contributed by atoms with Crippen molar-refractivity contribution < 1.29 is 14.6 Å². The summed E-state index contributed by atoms with van der Waals surface area (Å²) in [4.78, 5) is 10.6. The number of ether oxygens (including phenoxy) is 1. The van der Waals surface area contributed by atoms with Crippen LogP contribution in [0.5, 0.6) is 17.2 Å². The van der Waals surface area contributed by atoms with Crippen LogP contribution in [0.4, 0.5) is 0 Å². The number of benzene rings is 3. The number of hydrogen-bond acceptors (Lipinski definition) is 3. The van der Waals surface area contributed by atoms with Gasteiger partial charge in [0.25, 0.3) is 0 Å². The highest BCUT2D eigenvalue weighted by atomic mass is 35.5. The number of fused-ring (bicyclic) bond motifs is 1. The molecule has 0 saturated carbocycles. The molecule has 0 heterocycles. The molecule has 0 unspecified atom stereocenters. The van der Waals surface area contributed by atoms with Crippen LogP contribution in [0.15, 0.2) is 54.6 Å². The van der Waals surface area contributed by atoms with Gasteiger partial charge in [-0.15, -0.1) is 0 Å². The lowest BCUT2D eigenvalue weighted by Crippen LogP contribution is -1.88. The Bertz CT molecular complexity index is 843. The lowest BCUT2D eigenvalue weighted by atomic mass is 10.1. The lowest BCUT2D eigenvalue weighted by molar-refractivity contribution is -0.107. The van der Waals surface area contributed by atoms with E-state index in [4.69, 9.17) is 16.3 Å². The second-order valence-corrected chi connectivity index (χ2v) is 5.34. The van der Waals surface area contributed by atoms with Gasteiger partial charge in [-0.1, -0.05) is 35.9 Å². The molecular formula is C18H13ClO3. The molecule has 3 aromatic rings. The third-order valence-corrected chi connectivity index (χ3v) is 3.63. The van der Waals surface area contributed by atoms with Crippen molar-refractivity contribution in [3.05, 3.63) is 65.2 Å². The number of halogens is 1. The van der Waals surface area contributed by atoms with Crippen LogP contribution in [0.2, 0.25) is 5.02 Å². The zero-order valence-electron chi connectivity index (χ0n) is 11.6. The van der Waals surface area contributed by atoms with Gasteiger partial charge in [-0.25, -0.2) is 0 Å². The Morgan fingerprint density at radius 2 is 1.77 bits per heavy atom. The Balaban J connectivity index is 1.91. The second kappa shape index (κ2) is 6.08. The molecule has 22 heavy (non-hydrogen) atoms. The Hall–Kier alpha value is -2.52. The lowest BCUT2D eigenvalue weighted by Gasteiger charge is -2.09. The van der Waals surface area contributed by atoms with E-state index in [1.807, 2.05) is 36.4 Å². The highest BCUT2D eigenvalue weighted by Gasteiger charge is 2.05. The summed E-state index contributed by atoms with van der Waals surface area (Å²) in [5.74, 6) is 1.23. The number of carbonyl (C=O) groups is 1. The van der Waals surface area contributed by atoms with Crippen molar-refractivity contribution >= 4 is 28.7 Å². The summed E-state index contributed by atoms with van der Waals surface area (Å²) in [6.07, 6.45) is 1.31. The maximum absolute atomic E-state index is 10.6. The van der Waals surface area contributed by atoms with Gasteiger partial charge in [-0.05, 0) is 40.6 Å². The number of phenols is 1. The summed E-state index contributed by atoms with van der Waals surface area (Å²) in [5, 5.41) is 11.8. The van der Waals surface area contributed by atoms with Crippen molar-refractivity contribution in [1.82, 2.24) is 0 Å². The monoisotopic (exact) mass is 312 g/mol. The molecule has 0 radical (unpaired) electrons. The number of carbonyl (C=O) groups excluding carboxylic acids is 1. The fraction of sp³-hybridized carbons (Fsp3) is 0.0556. The molecule has 0 aromatic heterocycles. The number of phenolic OH excluding ortho intramolecular Hbond substituents is 1. The summed E-state index contributed by atoms with van der Waals surface area (Å²) < 4.78 is 5.75. The van der Waals surface area contributed by atoms with Gasteiger partial charge in [0.15, 0.2) is 0 Å². The van der Waals surface area contributed by atoms with E-state index in [1.54, 1.807) is 6.07 Å². The summed E-state index contributed by atoms with van der Waals surface area (Å²) in [5.41, 5.74) is 0.984. The van der Waals surface area contributed by atoms with Crippen LogP contribution in [0.1, 0.15) is 5.56 Å². The number of hydrogen-bond donors (Lipinski definition) is 1. The molecule has 0 saturated heterocycles. The van der Waals surface area contributed by atoms with Crippen molar-refractivity contribution in [3.63, 3.8) is 0 Å². The topological polar surface area (TPSA) is 46.5 Å². The third-order valence-electron chi connectivity index (χ3n) is 3.34. The minimum atomic E-state index is 0.0959. The van der Waals surface area contributed by atoms with Gasteiger partial charge in [0.05, 0.1) is 5.02 Å². The van der Waals surface area contributed by atoms with Gasteiger partial charge in [0.1, 0.15) is 23.5 Å². The minimum Gasteiger partial charge on any atom is -0.508 e. The van der Waals surface area contributed by atoms with Crippen LogP contribution in [-0.4, -0.2) is 11.4 Å². The fourth-order valence-corrected chi connectivity index (χ4v) is 2.47. The van der Waals surface area contributed by atoms with Crippen LogP contribution in [-0.2, 0) is 11.2 Å². The highest BCUT2D eigenvalue weighted by molar-refractivity contribution is 6.32. The minimum absolute atomic E-state index is 0.0959. The molecule has 3 nitrogen and oxygen atoms in total. The first-order chi connectivity index (χ1) is 10.7. The van der Waals surface area contributed by atoms with E-state index in [9.17, 15) is 9.90 Å². The zero-order chi connectivity index (χ0) is 15.5. The first kappa shape index (κ1) is 14.4. The number of rotatable bonds is 4. The van der Waals surface area contributed by atoms with Crippen LogP contribution in [0, 0.1) is 0 Å². The average Bonchev–Trinajstić information content (AvgIpc) is 2.50. The van der Waals surface area contributed by atoms with Gasteiger partial charge < -0.3 is 14.6 Å². The molecule has 0 aliphatic carbocycles. The molecule has 0 spiro atoms. The molecule has 4 heteroatoms. The van der Waals surface area contributed by atoms with Crippen molar-refractivity contribution in [2.75, 3.05) is 0 Å². The first-order valence-corrected chi connectivity index (χ1v) is 7.16. The number of aromatic hydroxyl groups is 1. The molecule has 0 bridgehead atoms. The fourth-order valence-electron chi connectivity index (χ4n) is 2.26. The molecule has 1 N–H and O–H groups in total. The van der Waals surface area contributed by atoms with E-state index in [2.05, 4.69) is 0 Å². The van der Waals surface area contributed by atoms with Crippen molar-refractivity contribution in [2.24, 2.45) is 0 Å². The van der Waals surface area contributed by atoms with Gasteiger partial charge in [-0.2, -0.15) is 0 Å². The summed E-state index contributed by atoms with van der Waals surface area (Å²) in [6, 6.07) is 16.1. The second-order valence-electron chi connectivity index (χ2n) is 4.93. The van der Waals surface area contributed by atoms with Crippen LogP contribution in [0.25, 0.3) is 10.8 Å². The number of aldehydes is 1. The Morgan fingerprint density at radius 3 is 2.55 bits per heavy atom. The van der Waals surface area contributed by atoms with Crippen LogP contribution in [0.3, 0.4) is 0 Å². The maximum atomic E-state index is 10.6. The molecule has 0 aliphatic rings. The highest BCUT2D eigenvalue weighted by Crippen LogP contribution is 2.33. The Morgan fingerprint density at radius 1 is 1.00 bits per heavy atom. The largest absolute Gasteiger partial charge is 0.508 e. The quantitative estimate of drug-likeness (QED) is 0.708. The van der Waals surface area contributed by atoms with Crippen molar-refractivity contribution in [1.29, 1.82) is 0 Å². The smallest absolute Gasteiger partial charge is 0.146 e. The molecule has 3 rings (SSSR count). The molecule has 0 amide bonds. The van der Waals surface area contributed by atoms with Gasteiger partial charge in [-0.3, -0.25) is 0 Å². The van der Waals surface area contributed by atoms with E-state index in [0.717, 1.165) is 22.6 Å². The Kier molecular flexibility index (Phi) is 3.98. The summed E-state index contributed by atoms with van der Waals surface area (Å²) in [7, 11) is 0. The zero-order valence-corrected chi connectivity index (χ0v) is 12.4. The molecule has 0 aliphatic heterocycles. The normalized spacial score (nSPS) is 10.6. The standard InChI is InChI=1S/C18H13ClO3/c19-17-11-15(21)4-6-18(17)22-16-5-3-13-9-12(7-8-20)1-2-14(13)10-16/h1-6,8-11,21H,7H2. The maximum Gasteiger partial charge on any atom is 0.146 e. The van der Waals surface area contributed by atoms with E-state index < -0.39 is 0 Å². The van der Waals surface area contributed by atoms with Gasteiger partial charge >= 0.3 is 0 Å². The van der Waals surface area contributed by atoms with Gasteiger partial charge in [0, 0.05) is 12.5 Å². The molecule has 0 fully saturated rings. The first-order valence-electron chi connectivity index (χ1n) is 6.78. The molecule has 0 atom stereocenters. The van der Waals surface area contributed by atoms with Gasteiger partial charge in [0.2, 0.25) is 0 Å². The third kappa shape index (κ3) is 3.05. The average molecular weight is 313 g/mol. The SMILES string of the molecule is O=CCc1ccc2cc(Oc3ccc(O)cc3Cl)ccc2c1. The van der Waals surface area contributed by atoms with E-state index in [0.29, 0.717) is 22.9 Å². The molecular weight excluding hydrogens is 300 g/mol. The van der Waals surface area contributed by atoms with Crippen molar-refractivity contribution in [2.45, 2.75) is 6.42 Å². The van der Waals surface area contributed by atoms with Crippen molar-refractivity contribution in [3.8, 4) is 17.2 Å². The Labute approximate surface area is 132 Å². The predicted molar refractivity (Wildman–Crippen MR) is 86.9 cm³/mol. The molecule has 110 valence electrons. The molecule has 3 aromatic carbocycles. The van der Waals surface area contributed by atoms with Crippen LogP contribution >= 0.6 is 11.6 Å².